The number of aromatic amines is 1. The molecule has 1 heterocycles. The largest absolute Gasteiger partial charge is 0.497 e. The van der Waals surface area contributed by atoms with Crippen molar-refractivity contribution in [3.63, 3.8) is 0 Å². The molecule has 0 aliphatic heterocycles. The Kier molecular flexibility index (Phi) is 5.45. The summed E-state index contributed by atoms with van der Waals surface area (Å²) in [4.78, 5) is 27.5. The molecule has 0 aliphatic carbocycles. The van der Waals surface area contributed by atoms with E-state index in [-0.39, 0.29) is 11.5 Å². The molecule has 0 fully saturated rings. The monoisotopic (exact) mass is 366 g/mol. The number of carbonyl (C=O) groups excluding carboxylic acids is 1. The van der Waals surface area contributed by atoms with Gasteiger partial charge in [0.15, 0.2) is 0 Å². The Bertz CT molecular complexity index is 1020. The summed E-state index contributed by atoms with van der Waals surface area (Å²) in [5.41, 5.74) is 2.72. The molecule has 0 aliphatic rings. The van der Waals surface area contributed by atoms with Gasteiger partial charge in [0, 0.05) is 23.1 Å². The molecule has 0 atom stereocenters. The number of nitrogens with one attached hydrogen (secondary N) is 2. The fourth-order valence-corrected chi connectivity index (χ4v) is 2.96. The van der Waals surface area contributed by atoms with E-state index in [0.717, 1.165) is 10.9 Å². The van der Waals surface area contributed by atoms with Crippen LogP contribution in [0, 0.1) is 6.92 Å². The van der Waals surface area contributed by atoms with Crippen LogP contribution in [0.15, 0.2) is 47.3 Å². The van der Waals surface area contributed by atoms with Gasteiger partial charge in [0.05, 0.1) is 19.7 Å². The van der Waals surface area contributed by atoms with Gasteiger partial charge in [0.2, 0.25) is 0 Å². The van der Waals surface area contributed by atoms with Crippen molar-refractivity contribution < 1.29 is 14.3 Å². The molecular formula is C21H22N2O4. The first kappa shape index (κ1) is 18.5. The van der Waals surface area contributed by atoms with Crippen LogP contribution in [0.2, 0.25) is 0 Å². The number of hydrogen-bond donors (Lipinski definition) is 2. The highest BCUT2D eigenvalue weighted by atomic mass is 16.5. The van der Waals surface area contributed by atoms with Crippen LogP contribution in [0.5, 0.6) is 11.5 Å². The first-order chi connectivity index (χ1) is 13.0. The van der Waals surface area contributed by atoms with E-state index in [0.29, 0.717) is 41.1 Å². The van der Waals surface area contributed by atoms with Gasteiger partial charge in [-0.2, -0.15) is 0 Å². The minimum Gasteiger partial charge on any atom is -0.497 e. The zero-order valence-electron chi connectivity index (χ0n) is 15.6. The molecule has 6 heteroatoms. The van der Waals surface area contributed by atoms with Crippen LogP contribution in [-0.4, -0.2) is 31.7 Å². The number of aryl methyl sites for hydroxylation is 1. The van der Waals surface area contributed by atoms with Crippen molar-refractivity contribution in [2.75, 3.05) is 20.8 Å². The normalized spacial score (nSPS) is 10.6. The van der Waals surface area contributed by atoms with E-state index >= 15 is 0 Å². The van der Waals surface area contributed by atoms with E-state index in [1.165, 1.54) is 0 Å². The number of carbonyl (C=O) groups is 1. The van der Waals surface area contributed by atoms with Gasteiger partial charge in [0.25, 0.3) is 11.5 Å². The number of methoxy groups -OCH3 is 2. The number of ether oxygens (including phenoxy) is 2. The summed E-state index contributed by atoms with van der Waals surface area (Å²) >= 11 is 0. The van der Waals surface area contributed by atoms with Crippen molar-refractivity contribution in [3.05, 3.63) is 69.5 Å². The second-order valence-electron chi connectivity index (χ2n) is 6.23. The van der Waals surface area contributed by atoms with Crippen molar-refractivity contribution in [2.45, 2.75) is 13.3 Å². The van der Waals surface area contributed by atoms with Crippen LogP contribution in [0.1, 0.15) is 21.5 Å². The summed E-state index contributed by atoms with van der Waals surface area (Å²) in [5.74, 6) is 1.14. The Morgan fingerprint density at radius 3 is 2.48 bits per heavy atom. The van der Waals surface area contributed by atoms with Crippen molar-refractivity contribution in [1.82, 2.24) is 10.3 Å². The maximum atomic E-state index is 12.4. The Morgan fingerprint density at radius 1 is 1.07 bits per heavy atom. The van der Waals surface area contributed by atoms with E-state index in [1.54, 1.807) is 38.5 Å². The standard InChI is InChI=1S/C21H22N2O4/c1-13-4-9-18(27-3)19-17(13)12-15(21(25)23-19)10-11-22-20(24)14-5-7-16(26-2)8-6-14/h4-9,12H,10-11H2,1-3H3,(H,22,24)(H,23,25). The smallest absolute Gasteiger partial charge is 0.251 e. The van der Waals surface area contributed by atoms with E-state index in [1.807, 2.05) is 25.1 Å². The van der Waals surface area contributed by atoms with Gasteiger partial charge < -0.3 is 19.8 Å². The summed E-state index contributed by atoms with van der Waals surface area (Å²) in [6.07, 6.45) is 0.434. The Labute approximate surface area is 157 Å². The highest BCUT2D eigenvalue weighted by molar-refractivity contribution is 5.94. The number of amides is 1. The number of aromatic nitrogens is 1. The lowest BCUT2D eigenvalue weighted by Gasteiger charge is -2.10. The highest BCUT2D eigenvalue weighted by Gasteiger charge is 2.10. The molecule has 0 unspecified atom stereocenters. The zero-order chi connectivity index (χ0) is 19.4. The van der Waals surface area contributed by atoms with E-state index in [4.69, 9.17) is 9.47 Å². The van der Waals surface area contributed by atoms with Gasteiger partial charge >= 0.3 is 0 Å². The molecule has 2 N–H and O–H groups in total. The summed E-state index contributed by atoms with van der Waals surface area (Å²) in [7, 11) is 3.15. The van der Waals surface area contributed by atoms with Crippen molar-refractivity contribution >= 4 is 16.8 Å². The number of benzene rings is 2. The molecule has 0 radical (unpaired) electrons. The molecule has 0 spiro atoms. The van der Waals surface area contributed by atoms with Crippen LogP contribution in [0.25, 0.3) is 10.9 Å². The molecule has 2 aromatic carbocycles. The molecule has 1 aromatic heterocycles. The van der Waals surface area contributed by atoms with E-state index < -0.39 is 0 Å². The minimum atomic E-state index is -0.187. The van der Waals surface area contributed by atoms with Gasteiger partial charge in [0.1, 0.15) is 11.5 Å². The first-order valence-electron chi connectivity index (χ1n) is 8.65. The third kappa shape index (κ3) is 3.95. The predicted octanol–water partition coefficient (Wildman–Crippen LogP) is 2.83. The third-order valence-electron chi connectivity index (χ3n) is 4.53. The maximum Gasteiger partial charge on any atom is 0.251 e. The quantitative estimate of drug-likeness (QED) is 0.703. The van der Waals surface area contributed by atoms with Crippen LogP contribution in [0.3, 0.4) is 0 Å². The van der Waals surface area contributed by atoms with Gasteiger partial charge in [-0.3, -0.25) is 9.59 Å². The Hall–Kier alpha value is -3.28. The lowest BCUT2D eigenvalue weighted by atomic mass is 10.1. The molecule has 0 saturated heterocycles. The lowest BCUT2D eigenvalue weighted by Crippen LogP contribution is -2.27. The SMILES string of the molecule is COc1ccc(C(=O)NCCc2cc3c(C)ccc(OC)c3[nH]c2=O)cc1. The molecular weight excluding hydrogens is 344 g/mol. The zero-order valence-corrected chi connectivity index (χ0v) is 15.6. The average Bonchev–Trinajstić information content (AvgIpc) is 2.69. The van der Waals surface area contributed by atoms with Crippen molar-refractivity contribution in [3.8, 4) is 11.5 Å². The van der Waals surface area contributed by atoms with Crippen LogP contribution >= 0.6 is 0 Å². The second kappa shape index (κ2) is 7.95. The van der Waals surface area contributed by atoms with Gasteiger partial charge in [-0.1, -0.05) is 6.07 Å². The molecule has 3 aromatic rings. The fourth-order valence-electron chi connectivity index (χ4n) is 2.96. The highest BCUT2D eigenvalue weighted by Crippen LogP contribution is 2.25. The topological polar surface area (TPSA) is 80.4 Å². The maximum absolute atomic E-state index is 12.4. The molecule has 1 amide bonds. The number of fused-ring (bicyclic) bond motifs is 1. The third-order valence-corrected chi connectivity index (χ3v) is 4.53. The van der Waals surface area contributed by atoms with Crippen LogP contribution in [0.4, 0.5) is 0 Å². The molecule has 6 nitrogen and oxygen atoms in total. The lowest BCUT2D eigenvalue weighted by molar-refractivity contribution is 0.0954. The number of rotatable bonds is 6. The molecule has 27 heavy (non-hydrogen) atoms. The number of pyridine rings is 1. The molecule has 3 rings (SSSR count). The molecule has 0 bridgehead atoms. The number of H-pyrrole nitrogens is 1. The van der Waals surface area contributed by atoms with Gasteiger partial charge in [-0.05, 0) is 55.3 Å². The molecule has 0 saturated carbocycles. The van der Waals surface area contributed by atoms with E-state index in [2.05, 4.69) is 10.3 Å². The number of hydrogen-bond acceptors (Lipinski definition) is 4. The van der Waals surface area contributed by atoms with Gasteiger partial charge in [-0.25, -0.2) is 0 Å². The minimum absolute atomic E-state index is 0.176. The predicted molar refractivity (Wildman–Crippen MR) is 105 cm³/mol. The fraction of sp³-hybridized carbons (Fsp3) is 0.238. The first-order valence-corrected chi connectivity index (χ1v) is 8.65. The van der Waals surface area contributed by atoms with Crippen LogP contribution < -0.4 is 20.3 Å². The summed E-state index contributed by atoms with van der Waals surface area (Å²) < 4.78 is 10.4. The second-order valence-corrected chi connectivity index (χ2v) is 6.23. The summed E-state index contributed by atoms with van der Waals surface area (Å²) in [6, 6.07) is 12.5. The summed E-state index contributed by atoms with van der Waals surface area (Å²) in [5, 5.41) is 3.78. The van der Waals surface area contributed by atoms with Crippen LogP contribution in [-0.2, 0) is 6.42 Å². The van der Waals surface area contributed by atoms with Gasteiger partial charge in [-0.15, -0.1) is 0 Å². The average molecular weight is 366 g/mol. The molecule has 140 valence electrons. The summed E-state index contributed by atoms with van der Waals surface area (Å²) in [6.45, 7) is 2.35. The Balaban J connectivity index is 1.73. The Morgan fingerprint density at radius 2 is 1.81 bits per heavy atom. The van der Waals surface area contributed by atoms with Crippen molar-refractivity contribution in [2.24, 2.45) is 0 Å². The van der Waals surface area contributed by atoms with Crippen molar-refractivity contribution in [1.29, 1.82) is 0 Å². The van der Waals surface area contributed by atoms with E-state index in [9.17, 15) is 9.59 Å².